The lowest BCUT2D eigenvalue weighted by molar-refractivity contribution is 0.0816. The first-order chi connectivity index (χ1) is 30.6. The van der Waals surface area contributed by atoms with Crippen LogP contribution in [-0.2, 0) is 0 Å². The number of carbonyl (C=O) groups is 6. The first-order valence-corrected chi connectivity index (χ1v) is 20.3. The molecule has 0 bridgehead atoms. The van der Waals surface area contributed by atoms with E-state index in [4.69, 9.17) is 37.9 Å². The molecule has 0 atom stereocenters. The van der Waals surface area contributed by atoms with Gasteiger partial charge in [-0.25, -0.2) is 0 Å². The van der Waals surface area contributed by atoms with Crippen LogP contribution in [0.5, 0.6) is 57.5 Å². The van der Waals surface area contributed by atoms with Gasteiger partial charge in [0, 0.05) is 66.6 Å². The number of carbonyl (C=O) groups excluding carboxylic acids is 6. The Morgan fingerprint density at radius 3 is 0.656 bits per heavy atom. The lowest BCUT2D eigenvalue weighted by Gasteiger charge is -2.14. The van der Waals surface area contributed by atoms with Crippen LogP contribution in [0.15, 0.2) is 118 Å². The minimum atomic E-state index is -0.973. The van der Waals surface area contributed by atoms with Gasteiger partial charge in [0.25, 0.3) is 0 Å². The number of rotatable bonds is 19. The Bertz CT molecular complexity index is 2640. The smallest absolute Gasteiger partial charge is 0.233 e. The topological polar surface area (TPSA) is 176 Å². The van der Waals surface area contributed by atoms with E-state index in [9.17, 15) is 28.8 Å². The first-order valence-electron chi connectivity index (χ1n) is 18.7. The number of halogens is 2. The van der Waals surface area contributed by atoms with E-state index in [-0.39, 0.29) is 67.9 Å². The van der Waals surface area contributed by atoms with Crippen molar-refractivity contribution in [3.63, 3.8) is 0 Å². The molecule has 0 radical (unpaired) electrons. The zero-order chi connectivity index (χ0) is 46.2. The molecule has 0 aliphatic carbocycles. The van der Waals surface area contributed by atoms with Gasteiger partial charge in [-0.2, -0.15) is 0 Å². The molecule has 326 valence electrons. The fraction of sp³-hybridized carbons (Fsp3) is 0.125. The van der Waals surface area contributed by atoms with E-state index in [0.717, 1.165) is 0 Å². The Balaban J connectivity index is 1.37. The standard InChI is InChI=1S/C48H36Br2O14/c1-57-33-9-27(10-34(21-33)58-2)45(53)43(51)25-7-31(49)19-39(15-25)63-41-17-30(48(56)47(55)29-13-37(61-5)23-38(14-29)62-6)18-42(24-41)64-40-16-26(8-32(50)20-40)44(52)46(54)28-11-35(59-3)22-36(12-28)60-4/h7-24H,1-6H3. The molecule has 0 aromatic heterocycles. The lowest BCUT2D eigenvalue weighted by Crippen LogP contribution is -2.15. The minimum absolute atomic E-state index is 0.0253. The van der Waals surface area contributed by atoms with Gasteiger partial charge in [-0.3, -0.25) is 28.8 Å². The molecule has 0 saturated carbocycles. The van der Waals surface area contributed by atoms with Gasteiger partial charge in [-0.05, 0) is 84.9 Å². The van der Waals surface area contributed by atoms with Crippen LogP contribution < -0.4 is 37.9 Å². The third kappa shape index (κ3) is 10.8. The molecule has 0 saturated heterocycles. The highest BCUT2D eigenvalue weighted by molar-refractivity contribution is 9.10. The van der Waals surface area contributed by atoms with Gasteiger partial charge in [-0.15, -0.1) is 0 Å². The number of methoxy groups -OCH3 is 6. The van der Waals surface area contributed by atoms with Gasteiger partial charge in [0.15, 0.2) is 0 Å². The van der Waals surface area contributed by atoms with Crippen molar-refractivity contribution in [3.05, 3.63) is 152 Å². The van der Waals surface area contributed by atoms with Crippen LogP contribution in [0.2, 0.25) is 0 Å². The van der Waals surface area contributed by atoms with Crippen LogP contribution in [0, 0.1) is 0 Å². The molecule has 64 heavy (non-hydrogen) atoms. The van der Waals surface area contributed by atoms with Crippen molar-refractivity contribution >= 4 is 66.6 Å². The van der Waals surface area contributed by atoms with Gasteiger partial charge in [0.2, 0.25) is 34.7 Å². The van der Waals surface area contributed by atoms with E-state index in [1.54, 1.807) is 12.1 Å². The average Bonchev–Trinajstić information content (AvgIpc) is 3.31. The predicted octanol–water partition coefficient (Wildman–Crippen LogP) is 10.0. The van der Waals surface area contributed by atoms with Gasteiger partial charge < -0.3 is 37.9 Å². The van der Waals surface area contributed by atoms with Crippen molar-refractivity contribution in [2.24, 2.45) is 0 Å². The highest BCUT2D eigenvalue weighted by atomic mass is 79.9. The number of hydrogen-bond donors (Lipinski definition) is 0. The molecular weight excluding hydrogens is 960 g/mol. The molecule has 0 N–H and O–H groups in total. The molecule has 6 aromatic rings. The van der Waals surface area contributed by atoms with E-state index >= 15 is 0 Å². The maximum Gasteiger partial charge on any atom is 0.233 e. The monoisotopic (exact) mass is 994 g/mol. The Morgan fingerprint density at radius 2 is 0.438 bits per heavy atom. The normalized spacial score (nSPS) is 10.6. The molecule has 0 aliphatic rings. The highest BCUT2D eigenvalue weighted by Gasteiger charge is 2.25. The lowest BCUT2D eigenvalue weighted by atomic mass is 10.00. The summed E-state index contributed by atoms with van der Waals surface area (Å²) in [4.78, 5) is 81.8. The summed E-state index contributed by atoms with van der Waals surface area (Å²) in [5, 5.41) is 0. The summed E-state index contributed by atoms with van der Waals surface area (Å²) in [6.45, 7) is 0. The largest absolute Gasteiger partial charge is 0.497 e. The molecule has 0 fully saturated rings. The molecule has 6 rings (SSSR count). The zero-order valence-electron chi connectivity index (χ0n) is 34.9. The quantitative estimate of drug-likeness (QED) is 0.0553. The SMILES string of the molecule is COc1cc(OC)cc(C(=O)C(=O)c2cc(Br)cc(Oc3cc(Oc4cc(Br)cc(C(=O)C(=O)c5cc(OC)cc(OC)c5)c4)cc(C(=O)C(=O)c4cc(OC)cc(OC)c4)c3)c2)c1. The molecular formula is C48H36Br2O14. The fourth-order valence-electron chi connectivity index (χ4n) is 6.20. The second-order valence-corrected chi connectivity index (χ2v) is 15.4. The van der Waals surface area contributed by atoms with Crippen LogP contribution in [-0.4, -0.2) is 77.4 Å². The van der Waals surface area contributed by atoms with E-state index < -0.39 is 34.7 Å². The second-order valence-electron chi connectivity index (χ2n) is 13.5. The molecule has 0 unspecified atom stereocenters. The van der Waals surface area contributed by atoms with Crippen LogP contribution >= 0.6 is 31.9 Å². The van der Waals surface area contributed by atoms with Crippen molar-refractivity contribution in [2.45, 2.75) is 0 Å². The van der Waals surface area contributed by atoms with Gasteiger partial charge in [0.05, 0.1) is 42.7 Å². The maximum absolute atomic E-state index is 14.0. The van der Waals surface area contributed by atoms with Gasteiger partial charge in [-0.1, -0.05) is 31.9 Å². The summed E-state index contributed by atoms with van der Waals surface area (Å²) in [7, 11) is 8.45. The Hall–Kier alpha value is -7.30. The van der Waals surface area contributed by atoms with Crippen molar-refractivity contribution in [3.8, 4) is 57.5 Å². The summed E-state index contributed by atoms with van der Waals surface area (Å²) < 4.78 is 44.7. The zero-order valence-corrected chi connectivity index (χ0v) is 38.0. The molecule has 14 nitrogen and oxygen atoms in total. The molecule has 6 aromatic carbocycles. The van der Waals surface area contributed by atoms with Crippen molar-refractivity contribution in [2.75, 3.05) is 42.7 Å². The minimum Gasteiger partial charge on any atom is -0.497 e. The van der Waals surface area contributed by atoms with Crippen molar-refractivity contribution < 1.29 is 66.7 Å². The predicted molar refractivity (Wildman–Crippen MR) is 239 cm³/mol. The number of hydrogen-bond acceptors (Lipinski definition) is 14. The molecule has 0 aliphatic heterocycles. The molecule has 16 heteroatoms. The number of ketones is 6. The fourth-order valence-corrected chi connectivity index (χ4v) is 7.14. The van der Waals surface area contributed by atoms with Crippen LogP contribution in [0.3, 0.4) is 0 Å². The number of ether oxygens (including phenoxy) is 8. The van der Waals surface area contributed by atoms with E-state index in [2.05, 4.69) is 31.9 Å². The molecule has 0 amide bonds. The van der Waals surface area contributed by atoms with E-state index in [1.165, 1.54) is 140 Å². The third-order valence-corrected chi connectivity index (χ3v) is 10.3. The summed E-state index contributed by atoms with van der Waals surface area (Å²) in [5.74, 6) is -3.57. The van der Waals surface area contributed by atoms with E-state index in [1.807, 2.05) is 0 Å². The van der Waals surface area contributed by atoms with Gasteiger partial charge in [0.1, 0.15) is 57.5 Å². The second kappa shape index (κ2) is 20.3. The summed E-state index contributed by atoms with van der Waals surface area (Å²) >= 11 is 6.76. The van der Waals surface area contributed by atoms with Crippen LogP contribution in [0.25, 0.3) is 0 Å². The van der Waals surface area contributed by atoms with Crippen LogP contribution in [0.4, 0.5) is 0 Å². The first kappa shape index (κ1) is 46.2. The molecule has 0 spiro atoms. The number of Topliss-reactive ketones (excluding diaryl/α,β-unsaturated/α-hetero) is 6. The van der Waals surface area contributed by atoms with Crippen LogP contribution in [0.1, 0.15) is 62.1 Å². The van der Waals surface area contributed by atoms with Crippen molar-refractivity contribution in [1.82, 2.24) is 0 Å². The molecule has 0 heterocycles. The third-order valence-electron chi connectivity index (χ3n) is 9.34. The maximum atomic E-state index is 14.0. The highest BCUT2D eigenvalue weighted by Crippen LogP contribution is 2.35. The Morgan fingerprint density at radius 1 is 0.266 bits per heavy atom. The Kier molecular flexibility index (Phi) is 14.6. The average molecular weight is 997 g/mol. The van der Waals surface area contributed by atoms with E-state index in [0.29, 0.717) is 31.9 Å². The Labute approximate surface area is 383 Å². The summed E-state index contributed by atoms with van der Waals surface area (Å²) in [6.07, 6.45) is 0. The summed E-state index contributed by atoms with van der Waals surface area (Å²) in [6, 6.07) is 25.6. The summed E-state index contributed by atoms with van der Waals surface area (Å²) in [5.41, 5.74) is -0.252. The number of benzene rings is 6. The van der Waals surface area contributed by atoms with Gasteiger partial charge >= 0.3 is 0 Å². The van der Waals surface area contributed by atoms with Crippen molar-refractivity contribution in [1.29, 1.82) is 0 Å².